The highest BCUT2D eigenvalue weighted by molar-refractivity contribution is 5.48. The van der Waals surface area contributed by atoms with Gasteiger partial charge in [-0.25, -0.2) is 4.98 Å². The molecule has 2 unspecified atom stereocenters. The van der Waals surface area contributed by atoms with Crippen LogP contribution in [0.1, 0.15) is 57.1 Å². The lowest BCUT2D eigenvalue weighted by Crippen LogP contribution is -2.33. The van der Waals surface area contributed by atoms with Crippen molar-refractivity contribution in [3.63, 3.8) is 0 Å². The van der Waals surface area contributed by atoms with Gasteiger partial charge in [0, 0.05) is 24.8 Å². The fourth-order valence-corrected chi connectivity index (χ4v) is 3.07. The number of aryl methyl sites for hydroxylation is 1. The van der Waals surface area contributed by atoms with Gasteiger partial charge in [0.15, 0.2) is 0 Å². The Hall–Kier alpha value is -1.09. The maximum Gasteiger partial charge on any atom is 0.131 e. The Kier molecular flexibility index (Phi) is 5.41. The Bertz CT molecular complexity index is 430. The summed E-state index contributed by atoms with van der Waals surface area (Å²) in [4.78, 5) is 7.24. The summed E-state index contributed by atoms with van der Waals surface area (Å²) in [5.74, 6) is 1.17. The third-order valence-corrected chi connectivity index (χ3v) is 4.45. The number of rotatable bonds is 4. The van der Waals surface area contributed by atoms with Gasteiger partial charge in [0.2, 0.25) is 0 Å². The number of pyridine rings is 1. The Balaban J connectivity index is 2.15. The van der Waals surface area contributed by atoms with Crippen LogP contribution >= 0.6 is 0 Å². The van der Waals surface area contributed by atoms with E-state index in [4.69, 9.17) is 10.7 Å². The molecule has 20 heavy (non-hydrogen) atoms. The van der Waals surface area contributed by atoms with Gasteiger partial charge in [-0.15, -0.1) is 0 Å². The molecule has 0 saturated carbocycles. The minimum absolute atomic E-state index is 0.249. The van der Waals surface area contributed by atoms with Crippen molar-refractivity contribution in [1.29, 1.82) is 0 Å². The maximum absolute atomic E-state index is 6.04. The molecular formula is C17H29N3. The van der Waals surface area contributed by atoms with Crippen molar-refractivity contribution in [2.24, 2.45) is 5.73 Å². The summed E-state index contributed by atoms with van der Waals surface area (Å²) in [6, 6.07) is 3.13. The molecule has 0 spiro atoms. The van der Waals surface area contributed by atoms with Gasteiger partial charge in [0.05, 0.1) is 0 Å². The smallest absolute Gasteiger partial charge is 0.131 e. The van der Waals surface area contributed by atoms with Crippen LogP contribution in [0, 0.1) is 6.92 Å². The molecule has 3 heteroatoms. The lowest BCUT2D eigenvalue weighted by atomic mass is 10.0. The molecule has 0 radical (unpaired) electrons. The summed E-state index contributed by atoms with van der Waals surface area (Å²) in [6.45, 7) is 7.79. The van der Waals surface area contributed by atoms with Crippen LogP contribution in [0.4, 0.5) is 5.82 Å². The summed E-state index contributed by atoms with van der Waals surface area (Å²) in [5.41, 5.74) is 8.60. The van der Waals surface area contributed by atoms with Gasteiger partial charge in [0.1, 0.15) is 5.82 Å². The summed E-state index contributed by atoms with van der Waals surface area (Å²) in [6.07, 6.45) is 9.24. The second kappa shape index (κ2) is 7.07. The quantitative estimate of drug-likeness (QED) is 0.915. The highest BCUT2D eigenvalue weighted by Crippen LogP contribution is 2.25. The number of nitrogens with zero attached hydrogens (tertiary/aromatic N) is 2. The SMILES string of the molecule is CCC(N)Cc1cnc(N2CCCCCC2C)c(C)c1. The average molecular weight is 275 g/mol. The lowest BCUT2D eigenvalue weighted by Gasteiger charge is -2.29. The maximum atomic E-state index is 6.04. The van der Waals surface area contributed by atoms with Crippen molar-refractivity contribution in [3.05, 3.63) is 23.4 Å². The summed E-state index contributed by atoms with van der Waals surface area (Å²) in [5, 5.41) is 0. The van der Waals surface area contributed by atoms with E-state index in [0.717, 1.165) is 19.4 Å². The van der Waals surface area contributed by atoms with Gasteiger partial charge >= 0.3 is 0 Å². The second-order valence-corrected chi connectivity index (χ2v) is 6.25. The summed E-state index contributed by atoms with van der Waals surface area (Å²) < 4.78 is 0. The van der Waals surface area contributed by atoms with Crippen molar-refractivity contribution in [2.45, 2.75) is 71.4 Å². The van der Waals surface area contributed by atoms with Crippen LogP contribution in [0.2, 0.25) is 0 Å². The third kappa shape index (κ3) is 3.72. The molecule has 1 aromatic rings. The van der Waals surface area contributed by atoms with Crippen LogP contribution in [0.3, 0.4) is 0 Å². The number of hydrogen-bond donors (Lipinski definition) is 1. The van der Waals surface area contributed by atoms with Crippen molar-refractivity contribution in [2.75, 3.05) is 11.4 Å². The molecule has 112 valence electrons. The predicted octanol–water partition coefficient (Wildman–Crippen LogP) is 3.44. The number of nitrogens with two attached hydrogens (primary N) is 1. The van der Waals surface area contributed by atoms with E-state index in [1.54, 1.807) is 0 Å². The van der Waals surface area contributed by atoms with Gasteiger partial charge in [-0.1, -0.05) is 25.8 Å². The van der Waals surface area contributed by atoms with Gasteiger partial charge in [0.25, 0.3) is 0 Å². The predicted molar refractivity (Wildman–Crippen MR) is 86.2 cm³/mol. The molecule has 1 aromatic heterocycles. The minimum Gasteiger partial charge on any atom is -0.354 e. The molecule has 1 aliphatic rings. The first kappa shape index (κ1) is 15.3. The summed E-state index contributed by atoms with van der Waals surface area (Å²) >= 11 is 0. The van der Waals surface area contributed by atoms with E-state index in [0.29, 0.717) is 6.04 Å². The molecule has 0 aromatic carbocycles. The van der Waals surface area contributed by atoms with E-state index in [9.17, 15) is 0 Å². The fraction of sp³-hybridized carbons (Fsp3) is 0.706. The van der Waals surface area contributed by atoms with Crippen molar-refractivity contribution in [1.82, 2.24) is 4.98 Å². The Morgan fingerprint density at radius 1 is 1.40 bits per heavy atom. The number of anilines is 1. The largest absolute Gasteiger partial charge is 0.354 e. The fourth-order valence-electron chi connectivity index (χ4n) is 3.07. The molecule has 2 N–H and O–H groups in total. The molecule has 2 heterocycles. The first-order chi connectivity index (χ1) is 9.61. The van der Waals surface area contributed by atoms with Crippen LogP contribution in [0.5, 0.6) is 0 Å². The monoisotopic (exact) mass is 275 g/mol. The molecule has 1 fully saturated rings. The summed E-state index contributed by atoms with van der Waals surface area (Å²) in [7, 11) is 0. The van der Waals surface area contributed by atoms with E-state index in [-0.39, 0.29) is 6.04 Å². The number of hydrogen-bond acceptors (Lipinski definition) is 3. The molecule has 0 amide bonds. The van der Waals surface area contributed by atoms with Crippen molar-refractivity contribution >= 4 is 5.82 Å². The van der Waals surface area contributed by atoms with E-state index in [1.165, 1.54) is 42.6 Å². The Morgan fingerprint density at radius 2 is 2.20 bits per heavy atom. The highest BCUT2D eigenvalue weighted by atomic mass is 15.2. The van der Waals surface area contributed by atoms with Gasteiger partial charge in [-0.2, -0.15) is 0 Å². The molecule has 1 aliphatic heterocycles. The van der Waals surface area contributed by atoms with E-state index in [1.807, 2.05) is 6.20 Å². The van der Waals surface area contributed by atoms with E-state index >= 15 is 0 Å². The van der Waals surface area contributed by atoms with Crippen molar-refractivity contribution < 1.29 is 0 Å². The minimum atomic E-state index is 0.249. The van der Waals surface area contributed by atoms with Gasteiger partial charge in [-0.3, -0.25) is 0 Å². The first-order valence-electron chi connectivity index (χ1n) is 8.09. The molecule has 0 aliphatic carbocycles. The van der Waals surface area contributed by atoms with E-state index in [2.05, 4.69) is 31.7 Å². The molecule has 3 nitrogen and oxygen atoms in total. The topological polar surface area (TPSA) is 42.1 Å². The Labute approximate surface area is 123 Å². The zero-order valence-corrected chi connectivity index (χ0v) is 13.2. The van der Waals surface area contributed by atoms with Crippen LogP contribution in [0.15, 0.2) is 12.3 Å². The standard InChI is InChI=1S/C17H29N3/c1-4-16(18)11-15-10-13(2)17(19-12-15)20-9-7-5-6-8-14(20)3/h10,12,14,16H,4-9,11,18H2,1-3H3. The first-order valence-corrected chi connectivity index (χ1v) is 8.09. The molecule has 0 bridgehead atoms. The number of aromatic nitrogens is 1. The van der Waals surface area contributed by atoms with Crippen LogP contribution < -0.4 is 10.6 Å². The van der Waals surface area contributed by atoms with Crippen molar-refractivity contribution in [3.8, 4) is 0 Å². The molecule has 2 atom stereocenters. The van der Waals surface area contributed by atoms with Crippen LogP contribution in [-0.2, 0) is 6.42 Å². The van der Waals surface area contributed by atoms with Gasteiger partial charge in [-0.05, 0) is 50.7 Å². The second-order valence-electron chi connectivity index (χ2n) is 6.25. The third-order valence-electron chi connectivity index (χ3n) is 4.45. The Morgan fingerprint density at radius 3 is 2.90 bits per heavy atom. The lowest BCUT2D eigenvalue weighted by molar-refractivity contribution is 0.608. The van der Waals surface area contributed by atoms with Gasteiger partial charge < -0.3 is 10.6 Å². The van der Waals surface area contributed by atoms with Crippen LogP contribution in [0.25, 0.3) is 0 Å². The normalized spacial score (nSPS) is 21.6. The zero-order valence-electron chi connectivity index (χ0n) is 13.2. The zero-order chi connectivity index (χ0) is 14.5. The van der Waals surface area contributed by atoms with Crippen LogP contribution in [-0.4, -0.2) is 23.6 Å². The molecular weight excluding hydrogens is 246 g/mol. The molecule has 2 rings (SSSR count). The highest BCUT2D eigenvalue weighted by Gasteiger charge is 2.20. The molecule has 1 saturated heterocycles. The average Bonchev–Trinajstić information content (AvgIpc) is 2.64. The van der Waals surface area contributed by atoms with E-state index < -0.39 is 0 Å².